The second-order valence-electron chi connectivity index (χ2n) is 5.62. The number of piperidine rings is 1. The quantitative estimate of drug-likeness (QED) is 0.771. The van der Waals surface area contributed by atoms with Crippen molar-refractivity contribution in [2.75, 3.05) is 25.9 Å². The fraction of sp³-hybridized carbons (Fsp3) is 0.533. The van der Waals surface area contributed by atoms with Crippen molar-refractivity contribution >= 4 is 31.9 Å². The number of benzene rings is 1. The molecule has 0 atom stereocenters. The van der Waals surface area contributed by atoms with Gasteiger partial charge in [-0.3, -0.25) is 4.79 Å². The largest absolute Gasteiger partial charge is 0.339 e. The van der Waals surface area contributed by atoms with Gasteiger partial charge in [0.05, 0.1) is 10.7 Å². The van der Waals surface area contributed by atoms with Gasteiger partial charge in [-0.15, -0.1) is 0 Å². The molecule has 0 spiro atoms. The summed E-state index contributed by atoms with van der Waals surface area (Å²) in [5, 5.41) is 0. The van der Waals surface area contributed by atoms with Crippen LogP contribution in [0.15, 0.2) is 22.7 Å². The smallest absolute Gasteiger partial charge is 0.253 e. The molecule has 1 aromatic rings. The molecular formula is C15H20BrFN2O3S. The highest BCUT2D eigenvalue weighted by molar-refractivity contribution is 9.10. The highest BCUT2D eigenvalue weighted by Gasteiger charge is 2.30. The summed E-state index contributed by atoms with van der Waals surface area (Å²) in [5.41, 5.74) is 0.305. The van der Waals surface area contributed by atoms with E-state index < -0.39 is 15.8 Å². The average Bonchev–Trinajstić information content (AvgIpc) is 2.49. The Labute approximate surface area is 144 Å². The van der Waals surface area contributed by atoms with Crippen molar-refractivity contribution in [1.29, 1.82) is 0 Å². The average molecular weight is 407 g/mol. The minimum absolute atomic E-state index is 0.0827. The van der Waals surface area contributed by atoms with E-state index in [1.807, 2.05) is 6.92 Å². The molecule has 1 saturated heterocycles. The van der Waals surface area contributed by atoms with Gasteiger partial charge in [-0.1, -0.05) is 6.92 Å². The van der Waals surface area contributed by atoms with Gasteiger partial charge < -0.3 is 4.90 Å². The van der Waals surface area contributed by atoms with Crippen LogP contribution in [0.2, 0.25) is 0 Å². The highest BCUT2D eigenvalue weighted by atomic mass is 79.9. The number of hydrogen-bond acceptors (Lipinski definition) is 3. The first-order chi connectivity index (χ1) is 10.7. The van der Waals surface area contributed by atoms with Crippen molar-refractivity contribution in [2.45, 2.75) is 25.8 Å². The lowest BCUT2D eigenvalue weighted by Crippen LogP contribution is -2.48. The number of likely N-dealkylation sites (tertiary alicyclic amines) is 1. The van der Waals surface area contributed by atoms with E-state index in [0.29, 0.717) is 42.5 Å². The summed E-state index contributed by atoms with van der Waals surface area (Å²) in [4.78, 5) is 14.1. The van der Waals surface area contributed by atoms with Gasteiger partial charge in [0.1, 0.15) is 5.82 Å². The second kappa shape index (κ2) is 7.27. The highest BCUT2D eigenvalue weighted by Crippen LogP contribution is 2.22. The van der Waals surface area contributed by atoms with Crippen LogP contribution < -0.4 is 0 Å². The van der Waals surface area contributed by atoms with Crippen molar-refractivity contribution in [3.05, 3.63) is 34.1 Å². The van der Waals surface area contributed by atoms with Crippen LogP contribution in [-0.2, 0) is 10.0 Å². The first-order valence-corrected chi connectivity index (χ1v) is 10.1. The number of sulfonamides is 1. The Bertz CT molecular complexity index is 688. The molecule has 5 nitrogen and oxygen atoms in total. The minimum Gasteiger partial charge on any atom is -0.339 e. The Morgan fingerprint density at radius 2 is 2.00 bits per heavy atom. The van der Waals surface area contributed by atoms with E-state index in [4.69, 9.17) is 0 Å². The van der Waals surface area contributed by atoms with E-state index in [1.54, 1.807) is 11.0 Å². The van der Waals surface area contributed by atoms with Crippen LogP contribution >= 0.6 is 15.9 Å². The van der Waals surface area contributed by atoms with Crippen molar-refractivity contribution < 1.29 is 17.6 Å². The molecule has 0 unspecified atom stereocenters. The van der Waals surface area contributed by atoms with Crippen LogP contribution in [0.25, 0.3) is 0 Å². The molecule has 1 aromatic carbocycles. The van der Waals surface area contributed by atoms with Crippen LogP contribution in [0, 0.1) is 5.82 Å². The molecule has 1 heterocycles. The molecule has 0 radical (unpaired) electrons. The van der Waals surface area contributed by atoms with Gasteiger partial charge in [0.15, 0.2) is 0 Å². The van der Waals surface area contributed by atoms with Gasteiger partial charge in [-0.05, 0) is 47.0 Å². The zero-order valence-corrected chi connectivity index (χ0v) is 15.5. The molecule has 1 aliphatic heterocycles. The number of amides is 1. The van der Waals surface area contributed by atoms with Crippen LogP contribution in [0.5, 0.6) is 0 Å². The summed E-state index contributed by atoms with van der Waals surface area (Å²) in [6.45, 7) is 3.17. The van der Waals surface area contributed by atoms with E-state index in [9.17, 15) is 17.6 Å². The van der Waals surface area contributed by atoms with Gasteiger partial charge in [0, 0.05) is 31.2 Å². The molecular weight excluding hydrogens is 387 g/mol. The summed E-state index contributed by atoms with van der Waals surface area (Å²) < 4.78 is 38.9. The number of rotatable bonds is 4. The number of carbonyl (C=O) groups excluding carboxylic acids is 1. The maximum Gasteiger partial charge on any atom is 0.253 e. The molecule has 1 amide bonds. The Kier molecular flexibility index (Phi) is 5.80. The van der Waals surface area contributed by atoms with E-state index in [0.717, 1.165) is 0 Å². The van der Waals surface area contributed by atoms with E-state index in [2.05, 4.69) is 15.9 Å². The molecule has 8 heteroatoms. The van der Waals surface area contributed by atoms with Crippen molar-refractivity contribution in [1.82, 2.24) is 9.21 Å². The van der Waals surface area contributed by atoms with E-state index in [1.165, 1.54) is 22.7 Å². The maximum atomic E-state index is 13.6. The SMILES string of the molecule is CCN(C1CCN(C(=O)c2ccc(Br)c(F)c2)CC1)S(C)(=O)=O. The molecule has 2 rings (SSSR count). The van der Waals surface area contributed by atoms with Crippen molar-refractivity contribution in [3.8, 4) is 0 Å². The lowest BCUT2D eigenvalue weighted by Gasteiger charge is -2.36. The van der Waals surface area contributed by atoms with Gasteiger partial charge >= 0.3 is 0 Å². The third kappa shape index (κ3) is 4.30. The Morgan fingerprint density at radius 1 is 1.39 bits per heavy atom. The second-order valence-corrected chi connectivity index (χ2v) is 8.41. The first kappa shape index (κ1) is 18.4. The topological polar surface area (TPSA) is 57.7 Å². The number of halogens is 2. The van der Waals surface area contributed by atoms with Gasteiger partial charge in [0.2, 0.25) is 10.0 Å². The fourth-order valence-electron chi connectivity index (χ4n) is 2.93. The molecule has 0 saturated carbocycles. The standard InChI is InChI=1S/C15H20BrFN2O3S/c1-3-19(23(2,21)22)12-6-8-18(9-7-12)15(20)11-4-5-13(16)14(17)10-11/h4-5,10,12H,3,6-9H2,1-2H3. The monoisotopic (exact) mass is 406 g/mol. The predicted molar refractivity (Wildman–Crippen MR) is 90.2 cm³/mol. The summed E-state index contributed by atoms with van der Waals surface area (Å²) >= 11 is 3.06. The summed E-state index contributed by atoms with van der Waals surface area (Å²) in [6.07, 6.45) is 2.38. The summed E-state index contributed by atoms with van der Waals surface area (Å²) in [7, 11) is -3.24. The van der Waals surface area contributed by atoms with Crippen molar-refractivity contribution in [2.24, 2.45) is 0 Å². The van der Waals surface area contributed by atoms with Gasteiger partial charge in [-0.25, -0.2) is 12.8 Å². The maximum absolute atomic E-state index is 13.6. The molecule has 0 aliphatic carbocycles. The third-order valence-electron chi connectivity index (χ3n) is 4.06. The van der Waals surface area contributed by atoms with Gasteiger partial charge in [0.25, 0.3) is 5.91 Å². The Morgan fingerprint density at radius 3 is 2.48 bits per heavy atom. The molecule has 0 bridgehead atoms. The Hall–Kier alpha value is -0.990. The third-order valence-corrected chi connectivity index (χ3v) is 6.11. The number of hydrogen-bond donors (Lipinski definition) is 0. The van der Waals surface area contributed by atoms with Crippen molar-refractivity contribution in [3.63, 3.8) is 0 Å². The predicted octanol–water partition coefficient (Wildman–Crippen LogP) is 2.47. The molecule has 23 heavy (non-hydrogen) atoms. The van der Waals surface area contributed by atoms with Crippen LogP contribution in [-0.4, -0.2) is 55.5 Å². The molecule has 1 aliphatic rings. The lowest BCUT2D eigenvalue weighted by atomic mass is 10.0. The number of carbonyl (C=O) groups is 1. The van der Waals surface area contributed by atoms with E-state index in [-0.39, 0.29) is 11.9 Å². The summed E-state index contributed by atoms with van der Waals surface area (Å²) in [6, 6.07) is 4.22. The van der Waals surface area contributed by atoms with E-state index >= 15 is 0 Å². The lowest BCUT2D eigenvalue weighted by molar-refractivity contribution is 0.0680. The van der Waals surface area contributed by atoms with Crippen LogP contribution in [0.4, 0.5) is 4.39 Å². The molecule has 0 aromatic heterocycles. The van der Waals surface area contributed by atoms with Crippen LogP contribution in [0.3, 0.4) is 0 Å². The molecule has 0 N–H and O–H groups in total. The van der Waals surface area contributed by atoms with Gasteiger partial charge in [-0.2, -0.15) is 4.31 Å². The number of nitrogens with zero attached hydrogens (tertiary/aromatic N) is 2. The zero-order valence-electron chi connectivity index (χ0n) is 13.1. The minimum atomic E-state index is -3.24. The van der Waals surface area contributed by atoms with Crippen LogP contribution in [0.1, 0.15) is 30.1 Å². The summed E-state index contributed by atoms with van der Waals surface area (Å²) in [5.74, 6) is -0.697. The molecule has 128 valence electrons. The normalized spacial score (nSPS) is 16.8. The first-order valence-electron chi connectivity index (χ1n) is 7.45. The fourth-order valence-corrected chi connectivity index (χ4v) is 4.40. The molecule has 1 fully saturated rings. The zero-order chi connectivity index (χ0) is 17.2. The Balaban J connectivity index is 2.03.